The van der Waals surface area contributed by atoms with Gasteiger partial charge in [0.15, 0.2) is 0 Å². The van der Waals surface area contributed by atoms with Gasteiger partial charge in [0.1, 0.15) is 0 Å². The first-order valence-electron chi connectivity index (χ1n) is 4.80. The van der Waals surface area contributed by atoms with Crippen LogP contribution in [0.1, 0.15) is 32.1 Å². The van der Waals surface area contributed by atoms with Crippen LogP contribution in [0.25, 0.3) is 0 Å². The minimum absolute atomic E-state index is 0.450. The van der Waals surface area contributed by atoms with E-state index in [1.165, 1.54) is 38.3 Å². The molecule has 1 aliphatic carbocycles. The molecule has 1 heteroatoms. The molecule has 0 N–H and O–H groups in total. The minimum Gasteiger partial charge on any atom is -0.102 e. The van der Waals surface area contributed by atoms with Crippen molar-refractivity contribution in [3.8, 4) is 0 Å². The van der Waals surface area contributed by atoms with Gasteiger partial charge in [-0.3, -0.25) is 0 Å². The number of hydrogen-bond donors (Lipinski definition) is 0. The van der Waals surface area contributed by atoms with Gasteiger partial charge < -0.3 is 0 Å². The van der Waals surface area contributed by atoms with Crippen LogP contribution in [0.5, 0.6) is 0 Å². The SMILES string of the molecule is C=C[C@@H]1C[P@]1C1CCCCC1. The predicted octanol–water partition coefficient (Wildman–Crippen LogP) is 3.37. The summed E-state index contributed by atoms with van der Waals surface area (Å²) in [5.41, 5.74) is 2.11. The summed E-state index contributed by atoms with van der Waals surface area (Å²) in [5, 5.41) is 0. The molecule has 1 saturated carbocycles. The van der Waals surface area contributed by atoms with Gasteiger partial charge in [0.25, 0.3) is 0 Å². The second-order valence-corrected chi connectivity index (χ2v) is 6.58. The predicted molar refractivity (Wildman–Crippen MR) is 52.6 cm³/mol. The Morgan fingerprint density at radius 1 is 1.18 bits per heavy atom. The molecule has 62 valence electrons. The van der Waals surface area contributed by atoms with Crippen molar-refractivity contribution in [1.82, 2.24) is 0 Å². The Morgan fingerprint density at radius 3 is 2.45 bits per heavy atom. The maximum absolute atomic E-state index is 3.88. The van der Waals surface area contributed by atoms with Crippen molar-refractivity contribution in [2.75, 3.05) is 6.16 Å². The van der Waals surface area contributed by atoms with Crippen molar-refractivity contribution >= 4 is 7.92 Å². The average molecular weight is 168 g/mol. The Kier molecular flexibility index (Phi) is 2.32. The molecule has 2 aliphatic rings. The summed E-state index contributed by atoms with van der Waals surface area (Å²) in [7, 11) is 0.450. The Balaban J connectivity index is 1.81. The van der Waals surface area contributed by atoms with Gasteiger partial charge in [-0.05, 0) is 24.7 Å². The van der Waals surface area contributed by atoms with Gasteiger partial charge in [-0.25, -0.2) is 0 Å². The monoisotopic (exact) mass is 168 g/mol. The molecule has 2 atom stereocenters. The molecule has 0 spiro atoms. The van der Waals surface area contributed by atoms with Crippen molar-refractivity contribution in [3.63, 3.8) is 0 Å². The van der Waals surface area contributed by atoms with Crippen molar-refractivity contribution < 1.29 is 0 Å². The lowest BCUT2D eigenvalue weighted by molar-refractivity contribution is 0.513. The van der Waals surface area contributed by atoms with Crippen molar-refractivity contribution in [2.45, 2.75) is 43.4 Å². The maximum Gasteiger partial charge on any atom is 0.00101 e. The summed E-state index contributed by atoms with van der Waals surface area (Å²) < 4.78 is 0. The van der Waals surface area contributed by atoms with Crippen molar-refractivity contribution in [2.24, 2.45) is 0 Å². The first-order chi connectivity index (χ1) is 5.42. The fraction of sp³-hybridized carbons (Fsp3) is 0.800. The molecular formula is C10H17P. The van der Waals surface area contributed by atoms with Crippen LogP contribution < -0.4 is 0 Å². The largest absolute Gasteiger partial charge is 0.102 e. The highest BCUT2D eigenvalue weighted by atomic mass is 31.1. The first-order valence-corrected chi connectivity index (χ1v) is 6.46. The van der Waals surface area contributed by atoms with Crippen LogP contribution in [0.4, 0.5) is 0 Å². The van der Waals surface area contributed by atoms with Crippen molar-refractivity contribution in [3.05, 3.63) is 12.7 Å². The van der Waals surface area contributed by atoms with Gasteiger partial charge in [0.05, 0.1) is 0 Å². The minimum atomic E-state index is 0.450. The summed E-state index contributed by atoms with van der Waals surface area (Å²) in [6, 6.07) is 0. The number of rotatable bonds is 2. The summed E-state index contributed by atoms with van der Waals surface area (Å²) in [4.78, 5) is 0. The lowest BCUT2D eigenvalue weighted by atomic mass is 10.0. The van der Waals surface area contributed by atoms with E-state index in [1.54, 1.807) is 0 Å². The highest BCUT2D eigenvalue weighted by Crippen LogP contribution is 2.65. The summed E-state index contributed by atoms with van der Waals surface area (Å²) in [6.07, 6.45) is 11.3. The zero-order valence-corrected chi connectivity index (χ0v) is 8.02. The highest BCUT2D eigenvalue weighted by molar-refractivity contribution is 7.67. The molecule has 0 aromatic carbocycles. The zero-order chi connectivity index (χ0) is 7.68. The third-order valence-corrected chi connectivity index (χ3v) is 6.05. The highest BCUT2D eigenvalue weighted by Gasteiger charge is 2.39. The average Bonchev–Trinajstić information content (AvgIpc) is 2.85. The molecule has 0 amide bonds. The lowest BCUT2D eigenvalue weighted by Gasteiger charge is -2.21. The van der Waals surface area contributed by atoms with Crippen LogP contribution in [0.3, 0.4) is 0 Å². The Hall–Kier alpha value is 0.170. The molecular weight excluding hydrogens is 151 g/mol. The molecule has 11 heavy (non-hydrogen) atoms. The molecule has 0 unspecified atom stereocenters. The van der Waals surface area contributed by atoms with E-state index in [9.17, 15) is 0 Å². The van der Waals surface area contributed by atoms with Crippen LogP contribution in [0, 0.1) is 0 Å². The fourth-order valence-electron chi connectivity index (χ4n) is 2.21. The summed E-state index contributed by atoms with van der Waals surface area (Å²) >= 11 is 0. The van der Waals surface area contributed by atoms with E-state index >= 15 is 0 Å². The van der Waals surface area contributed by atoms with E-state index in [1.807, 2.05) is 0 Å². The van der Waals surface area contributed by atoms with E-state index in [0.29, 0.717) is 7.92 Å². The second kappa shape index (κ2) is 3.27. The Bertz CT molecular complexity index is 147. The summed E-state index contributed by atoms with van der Waals surface area (Å²) in [6.45, 7) is 3.88. The van der Waals surface area contributed by atoms with Crippen LogP contribution >= 0.6 is 7.92 Å². The van der Waals surface area contributed by atoms with Crippen LogP contribution in [-0.2, 0) is 0 Å². The summed E-state index contributed by atoms with van der Waals surface area (Å²) in [5.74, 6) is 0. The van der Waals surface area contributed by atoms with Gasteiger partial charge in [-0.15, -0.1) is 6.58 Å². The van der Waals surface area contributed by atoms with Crippen LogP contribution in [0.2, 0.25) is 0 Å². The molecule has 1 heterocycles. The normalized spacial score (nSPS) is 38.5. The number of allylic oxidation sites excluding steroid dienone is 1. The quantitative estimate of drug-likeness (QED) is 0.438. The van der Waals surface area contributed by atoms with E-state index < -0.39 is 0 Å². The molecule has 0 nitrogen and oxygen atoms in total. The van der Waals surface area contributed by atoms with Gasteiger partial charge in [0, 0.05) is 5.66 Å². The first kappa shape index (κ1) is 7.80. The molecule has 0 aromatic heterocycles. The zero-order valence-electron chi connectivity index (χ0n) is 7.13. The van der Waals surface area contributed by atoms with E-state index in [-0.39, 0.29) is 0 Å². The van der Waals surface area contributed by atoms with Crippen LogP contribution in [-0.4, -0.2) is 17.5 Å². The Labute approximate surface area is 70.8 Å². The van der Waals surface area contributed by atoms with Crippen molar-refractivity contribution in [1.29, 1.82) is 0 Å². The van der Waals surface area contributed by atoms with Gasteiger partial charge >= 0.3 is 0 Å². The van der Waals surface area contributed by atoms with E-state index in [4.69, 9.17) is 0 Å². The third kappa shape index (κ3) is 1.67. The standard InChI is InChI=1S/C10H17P/c1-2-9-8-11(9)10-6-4-3-5-7-10/h2,9-10H,1,3-8H2/t9-,11+/m1/s1. The molecule has 2 fully saturated rings. The van der Waals surface area contributed by atoms with E-state index in [2.05, 4.69) is 12.7 Å². The van der Waals surface area contributed by atoms with Gasteiger partial charge in [-0.1, -0.05) is 33.3 Å². The topological polar surface area (TPSA) is 0 Å². The number of hydrogen-bond acceptors (Lipinski definition) is 0. The molecule has 1 aliphatic heterocycles. The molecule has 0 radical (unpaired) electrons. The Morgan fingerprint density at radius 2 is 1.91 bits per heavy atom. The molecule has 2 rings (SSSR count). The second-order valence-electron chi connectivity index (χ2n) is 3.79. The van der Waals surface area contributed by atoms with Crippen LogP contribution in [0.15, 0.2) is 12.7 Å². The van der Waals surface area contributed by atoms with Gasteiger partial charge in [-0.2, -0.15) is 0 Å². The fourth-order valence-corrected chi connectivity index (χ4v) is 5.12. The third-order valence-electron chi connectivity index (χ3n) is 3.01. The molecule has 1 saturated heterocycles. The lowest BCUT2D eigenvalue weighted by Crippen LogP contribution is -2.06. The smallest absolute Gasteiger partial charge is 0.00101 e. The maximum atomic E-state index is 3.88. The van der Waals surface area contributed by atoms with Gasteiger partial charge in [0.2, 0.25) is 0 Å². The van der Waals surface area contributed by atoms with E-state index in [0.717, 1.165) is 11.3 Å². The molecule has 0 bridgehead atoms. The molecule has 0 aromatic rings.